The molecule has 0 bridgehead atoms. The first-order valence-electron chi connectivity index (χ1n) is 6.71. The van der Waals surface area contributed by atoms with Crippen LogP contribution in [0.3, 0.4) is 0 Å². The number of hydrogen-bond acceptors (Lipinski definition) is 5. The molecule has 0 aliphatic carbocycles. The summed E-state index contributed by atoms with van der Waals surface area (Å²) in [6.45, 7) is 2.59. The summed E-state index contributed by atoms with van der Waals surface area (Å²) < 4.78 is 7.28. The zero-order valence-corrected chi connectivity index (χ0v) is 12.5. The standard InChI is InChI=1S/C15H16N4OS/c1-11-13(7-8-16)14(21-15-17-9-10-20-15)19(18-11)12-5-3-2-4-6-12/h2-6,9-10H,7-8,16H2,1H3. The molecule has 0 aliphatic rings. The SMILES string of the molecule is Cc1nn(-c2ccccc2)c(Sc2ncco2)c1CCN. The highest BCUT2D eigenvalue weighted by molar-refractivity contribution is 7.99. The Bertz CT molecular complexity index is 707. The van der Waals surface area contributed by atoms with Crippen LogP contribution >= 0.6 is 11.8 Å². The molecule has 2 N–H and O–H groups in total. The summed E-state index contributed by atoms with van der Waals surface area (Å²) in [4.78, 5) is 4.18. The first-order chi connectivity index (χ1) is 10.3. The monoisotopic (exact) mass is 300 g/mol. The van der Waals surface area contributed by atoms with Gasteiger partial charge in [-0.1, -0.05) is 18.2 Å². The molecular weight excluding hydrogens is 284 g/mol. The van der Waals surface area contributed by atoms with Crippen molar-refractivity contribution in [3.8, 4) is 5.69 Å². The molecule has 0 spiro atoms. The molecule has 2 heterocycles. The maximum atomic E-state index is 5.73. The molecule has 0 aliphatic heterocycles. The Hall–Kier alpha value is -2.05. The molecule has 3 aromatic rings. The van der Waals surface area contributed by atoms with Gasteiger partial charge in [0.05, 0.1) is 17.6 Å². The number of aryl methyl sites for hydroxylation is 1. The van der Waals surface area contributed by atoms with E-state index in [4.69, 9.17) is 10.2 Å². The zero-order chi connectivity index (χ0) is 14.7. The molecule has 21 heavy (non-hydrogen) atoms. The minimum Gasteiger partial charge on any atom is -0.440 e. The van der Waals surface area contributed by atoms with Crippen molar-refractivity contribution in [2.45, 2.75) is 23.6 Å². The zero-order valence-electron chi connectivity index (χ0n) is 11.7. The molecule has 108 valence electrons. The van der Waals surface area contributed by atoms with Crippen LogP contribution in [0.25, 0.3) is 5.69 Å². The lowest BCUT2D eigenvalue weighted by Gasteiger charge is -2.07. The van der Waals surface area contributed by atoms with Gasteiger partial charge in [0.1, 0.15) is 11.3 Å². The lowest BCUT2D eigenvalue weighted by atomic mass is 10.2. The number of aromatic nitrogens is 3. The highest BCUT2D eigenvalue weighted by atomic mass is 32.2. The molecule has 0 fully saturated rings. The Morgan fingerprint density at radius 1 is 1.29 bits per heavy atom. The van der Waals surface area contributed by atoms with Crippen molar-refractivity contribution in [1.29, 1.82) is 0 Å². The van der Waals surface area contributed by atoms with Crippen LogP contribution in [0, 0.1) is 6.92 Å². The summed E-state index contributed by atoms with van der Waals surface area (Å²) in [5, 5.41) is 6.26. The topological polar surface area (TPSA) is 69.9 Å². The second kappa shape index (κ2) is 6.15. The van der Waals surface area contributed by atoms with E-state index in [1.165, 1.54) is 11.8 Å². The number of nitrogens with zero attached hydrogens (tertiary/aromatic N) is 3. The summed E-state index contributed by atoms with van der Waals surface area (Å²) in [6.07, 6.45) is 3.99. The minimum absolute atomic E-state index is 0.584. The summed E-state index contributed by atoms with van der Waals surface area (Å²) in [5.41, 5.74) is 8.87. The van der Waals surface area contributed by atoms with Gasteiger partial charge in [0.2, 0.25) is 0 Å². The molecule has 0 amide bonds. The maximum absolute atomic E-state index is 5.73. The normalized spacial score (nSPS) is 11.0. The van der Waals surface area contributed by atoms with E-state index in [0.29, 0.717) is 11.8 Å². The highest BCUT2D eigenvalue weighted by Crippen LogP contribution is 2.33. The second-order valence-corrected chi connectivity index (χ2v) is 5.50. The van der Waals surface area contributed by atoms with Gasteiger partial charge in [-0.25, -0.2) is 9.67 Å². The third-order valence-electron chi connectivity index (χ3n) is 3.13. The summed E-state index contributed by atoms with van der Waals surface area (Å²) in [6, 6.07) is 10.0. The fourth-order valence-electron chi connectivity index (χ4n) is 2.16. The Morgan fingerprint density at radius 3 is 2.76 bits per heavy atom. The fourth-order valence-corrected chi connectivity index (χ4v) is 3.15. The Morgan fingerprint density at radius 2 is 2.10 bits per heavy atom. The van der Waals surface area contributed by atoms with E-state index < -0.39 is 0 Å². The first-order valence-corrected chi connectivity index (χ1v) is 7.52. The molecule has 0 atom stereocenters. The van der Waals surface area contributed by atoms with Crippen molar-refractivity contribution in [3.63, 3.8) is 0 Å². The molecular formula is C15H16N4OS. The van der Waals surface area contributed by atoms with Crippen molar-refractivity contribution < 1.29 is 4.42 Å². The van der Waals surface area contributed by atoms with Gasteiger partial charge in [0.15, 0.2) is 0 Å². The van der Waals surface area contributed by atoms with Crippen LogP contribution in [0.4, 0.5) is 0 Å². The molecule has 2 aromatic heterocycles. The predicted molar refractivity (Wildman–Crippen MR) is 81.7 cm³/mol. The van der Waals surface area contributed by atoms with Crippen molar-refractivity contribution in [3.05, 3.63) is 54.0 Å². The van der Waals surface area contributed by atoms with Gasteiger partial charge in [-0.05, 0) is 43.8 Å². The summed E-state index contributed by atoms with van der Waals surface area (Å²) in [5.74, 6) is 0. The number of hydrogen-bond donors (Lipinski definition) is 1. The maximum Gasteiger partial charge on any atom is 0.261 e. The van der Waals surface area contributed by atoms with E-state index in [9.17, 15) is 0 Å². The van der Waals surface area contributed by atoms with Crippen LogP contribution in [0.1, 0.15) is 11.3 Å². The third kappa shape index (κ3) is 2.86. The van der Waals surface area contributed by atoms with Crippen LogP contribution < -0.4 is 5.73 Å². The molecule has 0 saturated carbocycles. The average Bonchev–Trinajstić information content (AvgIpc) is 3.12. The average molecular weight is 300 g/mol. The van der Waals surface area contributed by atoms with Crippen molar-refractivity contribution in [2.24, 2.45) is 5.73 Å². The van der Waals surface area contributed by atoms with Gasteiger partial charge >= 0.3 is 0 Å². The number of nitrogens with two attached hydrogens (primary N) is 1. The molecule has 0 saturated heterocycles. The lowest BCUT2D eigenvalue weighted by Crippen LogP contribution is -2.04. The van der Waals surface area contributed by atoms with Gasteiger partial charge in [-0.3, -0.25) is 0 Å². The third-order valence-corrected chi connectivity index (χ3v) is 4.11. The van der Waals surface area contributed by atoms with Gasteiger partial charge in [0, 0.05) is 5.56 Å². The summed E-state index contributed by atoms with van der Waals surface area (Å²) >= 11 is 1.47. The second-order valence-electron chi connectivity index (χ2n) is 4.56. The fraction of sp³-hybridized carbons (Fsp3) is 0.200. The largest absolute Gasteiger partial charge is 0.440 e. The number of rotatable bonds is 5. The minimum atomic E-state index is 0.584. The van der Waals surface area contributed by atoms with Crippen molar-refractivity contribution in [1.82, 2.24) is 14.8 Å². The molecule has 6 heteroatoms. The molecule has 3 rings (SSSR count). The summed E-state index contributed by atoms with van der Waals surface area (Å²) in [7, 11) is 0. The van der Waals surface area contributed by atoms with Crippen LogP contribution in [-0.4, -0.2) is 21.3 Å². The van der Waals surface area contributed by atoms with E-state index in [0.717, 1.165) is 28.4 Å². The van der Waals surface area contributed by atoms with Crippen molar-refractivity contribution in [2.75, 3.05) is 6.54 Å². The van der Waals surface area contributed by atoms with Gasteiger partial charge < -0.3 is 10.2 Å². The molecule has 1 aromatic carbocycles. The number of benzene rings is 1. The molecule has 0 radical (unpaired) electrons. The van der Waals surface area contributed by atoms with E-state index in [2.05, 4.69) is 10.1 Å². The van der Waals surface area contributed by atoms with E-state index in [1.54, 1.807) is 12.5 Å². The molecule has 5 nitrogen and oxygen atoms in total. The number of oxazole rings is 1. The number of para-hydroxylation sites is 1. The first kappa shape index (κ1) is 13.9. The van der Waals surface area contributed by atoms with Gasteiger partial charge in [-0.2, -0.15) is 5.10 Å². The Labute approximate surface area is 127 Å². The van der Waals surface area contributed by atoms with Crippen LogP contribution in [0.2, 0.25) is 0 Å². The van der Waals surface area contributed by atoms with E-state index in [1.807, 2.05) is 41.9 Å². The van der Waals surface area contributed by atoms with Crippen LogP contribution in [0.5, 0.6) is 0 Å². The molecule has 0 unspecified atom stereocenters. The smallest absolute Gasteiger partial charge is 0.261 e. The lowest BCUT2D eigenvalue weighted by molar-refractivity contribution is 0.453. The highest BCUT2D eigenvalue weighted by Gasteiger charge is 2.18. The van der Waals surface area contributed by atoms with Crippen molar-refractivity contribution >= 4 is 11.8 Å². The Kier molecular flexibility index (Phi) is 4.08. The Balaban J connectivity index is 2.08. The van der Waals surface area contributed by atoms with E-state index >= 15 is 0 Å². The van der Waals surface area contributed by atoms with Gasteiger partial charge in [0.25, 0.3) is 5.22 Å². The van der Waals surface area contributed by atoms with Crippen LogP contribution in [-0.2, 0) is 6.42 Å². The van der Waals surface area contributed by atoms with Gasteiger partial charge in [-0.15, -0.1) is 0 Å². The predicted octanol–water partition coefficient (Wildman–Crippen LogP) is 2.82. The quantitative estimate of drug-likeness (QED) is 0.784. The van der Waals surface area contributed by atoms with E-state index in [-0.39, 0.29) is 0 Å². The van der Waals surface area contributed by atoms with Crippen LogP contribution in [0.15, 0.2) is 57.5 Å².